The molecule has 7 N–H and O–H groups in total. The van der Waals surface area contributed by atoms with E-state index < -0.39 is 80.6 Å². The molecule has 4 fully saturated rings. The van der Waals surface area contributed by atoms with Gasteiger partial charge in [-0.05, 0) is 59.2 Å². The third-order valence-electron chi connectivity index (χ3n) is 11.9. The number of carbonyl (C=O) groups excluding carboxylic acids is 1. The molecule has 3 aromatic rings. The molecule has 7 rings (SSSR count). The number of hydrogen-bond acceptors (Lipinski definition) is 21. The highest BCUT2D eigenvalue weighted by Gasteiger charge is 2.52. The van der Waals surface area contributed by atoms with Crippen LogP contribution in [-0.4, -0.2) is 166 Å². The van der Waals surface area contributed by atoms with Crippen LogP contribution in [0.5, 0.6) is 51.7 Å². The van der Waals surface area contributed by atoms with Gasteiger partial charge in [0, 0.05) is 17.9 Å². The SMILES string of the molecule is COc1cc(/C=C/C(=O)OC[C@@]2(O)CO[C@@H](OC[C@H]3O[C@@H](Oc4c(OC)cc([C@H]5OC[C@H]6[C@@H]5CO[C@H]6c5cc(OC)c(O)c(OC)c5)cc4OC)[C@H](O)[C@@H](O)[C@@H]3O)[C@@H]2O)cc(OC)c1O. The van der Waals surface area contributed by atoms with Crippen molar-refractivity contribution in [1.29, 1.82) is 0 Å². The molecule has 356 valence electrons. The Labute approximate surface area is 373 Å². The number of benzene rings is 3. The van der Waals surface area contributed by atoms with E-state index in [2.05, 4.69) is 0 Å². The van der Waals surface area contributed by atoms with Gasteiger partial charge in [-0.3, -0.25) is 0 Å². The van der Waals surface area contributed by atoms with Gasteiger partial charge in [-0.1, -0.05) is 0 Å². The molecule has 4 heterocycles. The number of phenolic OH excluding ortho intramolecular Hbond substituents is 2. The van der Waals surface area contributed by atoms with Crippen LogP contribution in [0, 0.1) is 11.8 Å². The number of fused-ring (bicyclic) bond motifs is 1. The van der Waals surface area contributed by atoms with Crippen LogP contribution in [-0.2, 0) is 33.2 Å². The summed E-state index contributed by atoms with van der Waals surface area (Å²) >= 11 is 0. The van der Waals surface area contributed by atoms with Crippen LogP contribution in [0.4, 0.5) is 0 Å². The lowest BCUT2D eigenvalue weighted by Gasteiger charge is -2.40. The molecule has 0 saturated carbocycles. The fraction of sp³-hybridized carbons (Fsp3) is 0.523. The van der Waals surface area contributed by atoms with Gasteiger partial charge < -0.3 is 97.3 Å². The number of esters is 1. The minimum atomic E-state index is -2.10. The molecule has 0 radical (unpaired) electrons. The summed E-state index contributed by atoms with van der Waals surface area (Å²) in [5.41, 5.74) is -0.245. The molecule has 4 aliphatic rings. The lowest BCUT2D eigenvalue weighted by molar-refractivity contribution is -0.289. The number of hydrogen-bond donors (Lipinski definition) is 7. The van der Waals surface area contributed by atoms with Crippen LogP contribution in [0.2, 0.25) is 0 Å². The van der Waals surface area contributed by atoms with E-state index in [1.807, 2.05) is 0 Å². The van der Waals surface area contributed by atoms with E-state index in [0.717, 1.165) is 11.6 Å². The van der Waals surface area contributed by atoms with Crippen LogP contribution in [0.1, 0.15) is 28.9 Å². The molecule has 65 heavy (non-hydrogen) atoms. The molecule has 21 heteroatoms. The maximum Gasteiger partial charge on any atom is 0.330 e. The first-order chi connectivity index (χ1) is 31.2. The van der Waals surface area contributed by atoms with Crippen molar-refractivity contribution >= 4 is 12.0 Å². The van der Waals surface area contributed by atoms with E-state index in [4.69, 9.17) is 61.6 Å². The summed E-state index contributed by atoms with van der Waals surface area (Å²) in [7, 11) is 8.40. The average molecular weight is 919 g/mol. The van der Waals surface area contributed by atoms with Crippen molar-refractivity contribution < 1.29 is 102 Å². The number of phenols is 2. The van der Waals surface area contributed by atoms with Crippen LogP contribution in [0.3, 0.4) is 0 Å². The van der Waals surface area contributed by atoms with Crippen LogP contribution < -0.4 is 33.2 Å². The highest BCUT2D eigenvalue weighted by molar-refractivity contribution is 5.87. The van der Waals surface area contributed by atoms with Crippen LogP contribution in [0.25, 0.3) is 6.08 Å². The van der Waals surface area contributed by atoms with E-state index >= 15 is 0 Å². The van der Waals surface area contributed by atoms with Crippen molar-refractivity contribution in [3.8, 4) is 51.7 Å². The molecule has 0 amide bonds. The standard InChI is InChI=1S/C44H54O21/c1-53-25-9-20(10-26(54-2)33(25)46)7-8-32(45)62-18-44(52)19-63-43(41(44)51)61-17-31-35(48)36(49)37(50)42(64-31)65-40-29(57-5)13-22(14-30(40)58-6)39-24-16-59-38(23(24)15-60-39)21-11-27(55-3)34(47)28(12-21)56-4/h7-14,23-24,31,35-39,41-43,46-52H,15-19H2,1-6H3/b8-7+/t23-,24-,31+,35+,36-,37+,38-,39+,41-,42-,43+,44+/m0/s1. The van der Waals surface area contributed by atoms with Crippen molar-refractivity contribution in [2.45, 2.75) is 60.9 Å². The topological polar surface area (TPSA) is 279 Å². The molecule has 3 aromatic carbocycles. The van der Waals surface area contributed by atoms with Gasteiger partial charge in [0.25, 0.3) is 0 Å². The second-order valence-corrected chi connectivity index (χ2v) is 15.8. The average Bonchev–Trinajstić information content (AvgIpc) is 4.01. The third-order valence-corrected chi connectivity index (χ3v) is 11.9. The fourth-order valence-electron chi connectivity index (χ4n) is 8.29. The molecular weight excluding hydrogens is 864 g/mol. The Kier molecular flexibility index (Phi) is 14.7. The number of aromatic hydroxyl groups is 2. The Morgan fingerprint density at radius 2 is 1.17 bits per heavy atom. The fourth-order valence-corrected chi connectivity index (χ4v) is 8.29. The van der Waals surface area contributed by atoms with E-state index in [1.165, 1.54) is 60.9 Å². The summed E-state index contributed by atoms with van der Waals surface area (Å²) in [5, 5.41) is 75.3. The Morgan fingerprint density at radius 1 is 0.677 bits per heavy atom. The van der Waals surface area contributed by atoms with Gasteiger partial charge in [0.2, 0.25) is 23.5 Å². The lowest BCUT2D eigenvalue weighted by atomic mass is 9.84. The third kappa shape index (κ3) is 9.52. The molecular formula is C44H54O21. The normalized spacial score (nSPS) is 30.8. The summed E-state index contributed by atoms with van der Waals surface area (Å²) in [6, 6.07) is 9.69. The summed E-state index contributed by atoms with van der Waals surface area (Å²) < 4.78 is 73.2. The number of carbonyl (C=O) groups is 1. The Hall–Kier alpha value is -5.33. The molecule has 4 aliphatic heterocycles. The second-order valence-electron chi connectivity index (χ2n) is 15.8. The number of rotatable bonds is 17. The molecule has 21 nitrogen and oxygen atoms in total. The lowest BCUT2D eigenvalue weighted by Crippen LogP contribution is -2.60. The van der Waals surface area contributed by atoms with Gasteiger partial charge in [0.1, 0.15) is 37.1 Å². The predicted octanol–water partition coefficient (Wildman–Crippen LogP) is 1.13. The molecule has 0 bridgehead atoms. The Balaban J connectivity index is 0.974. The van der Waals surface area contributed by atoms with Gasteiger partial charge >= 0.3 is 5.97 Å². The summed E-state index contributed by atoms with van der Waals surface area (Å²) in [5.74, 6) is -0.366. The quantitative estimate of drug-likeness (QED) is 0.0738. The predicted molar refractivity (Wildman–Crippen MR) is 220 cm³/mol. The molecule has 0 spiro atoms. The zero-order valence-corrected chi connectivity index (χ0v) is 36.4. The van der Waals surface area contributed by atoms with Gasteiger partial charge in [0.05, 0.1) is 81.3 Å². The highest BCUT2D eigenvalue weighted by Crippen LogP contribution is 2.54. The van der Waals surface area contributed by atoms with Gasteiger partial charge in [-0.25, -0.2) is 4.79 Å². The molecule has 4 saturated heterocycles. The molecule has 0 aromatic heterocycles. The Bertz CT molecular complexity index is 2110. The maximum atomic E-state index is 12.5. The van der Waals surface area contributed by atoms with Crippen molar-refractivity contribution in [3.05, 3.63) is 59.2 Å². The van der Waals surface area contributed by atoms with Gasteiger partial charge in [-0.2, -0.15) is 0 Å². The summed E-state index contributed by atoms with van der Waals surface area (Å²) in [4.78, 5) is 12.5. The molecule has 0 aliphatic carbocycles. The van der Waals surface area contributed by atoms with Crippen molar-refractivity contribution in [2.24, 2.45) is 11.8 Å². The zero-order valence-electron chi connectivity index (χ0n) is 36.4. The number of aliphatic hydroxyl groups is 5. The first-order valence-corrected chi connectivity index (χ1v) is 20.4. The van der Waals surface area contributed by atoms with Crippen LogP contribution in [0.15, 0.2) is 42.5 Å². The second kappa shape index (κ2) is 20.0. The number of methoxy groups -OCH3 is 6. The summed E-state index contributed by atoms with van der Waals surface area (Å²) in [6.07, 6.45) is -9.94. The van der Waals surface area contributed by atoms with Crippen molar-refractivity contribution in [1.82, 2.24) is 0 Å². The first-order valence-electron chi connectivity index (χ1n) is 20.4. The molecule has 12 atom stereocenters. The van der Waals surface area contributed by atoms with Gasteiger partial charge in [0.15, 0.2) is 46.4 Å². The highest BCUT2D eigenvalue weighted by atomic mass is 16.7. The summed E-state index contributed by atoms with van der Waals surface area (Å²) in [6.45, 7) is -1.04. The minimum absolute atomic E-state index is 0.00374. The zero-order chi connectivity index (χ0) is 46.7. The van der Waals surface area contributed by atoms with Crippen LogP contribution >= 0.6 is 0 Å². The largest absolute Gasteiger partial charge is 0.502 e. The number of aliphatic hydroxyl groups excluding tert-OH is 4. The smallest absolute Gasteiger partial charge is 0.330 e. The van der Waals surface area contributed by atoms with E-state index in [9.17, 15) is 40.5 Å². The van der Waals surface area contributed by atoms with E-state index in [-0.39, 0.29) is 69.7 Å². The van der Waals surface area contributed by atoms with E-state index in [0.29, 0.717) is 24.3 Å². The van der Waals surface area contributed by atoms with Gasteiger partial charge in [-0.15, -0.1) is 0 Å². The van der Waals surface area contributed by atoms with Crippen molar-refractivity contribution in [3.63, 3.8) is 0 Å². The number of ether oxygens (including phenoxy) is 13. The Morgan fingerprint density at radius 3 is 1.68 bits per heavy atom. The maximum absolute atomic E-state index is 12.5. The minimum Gasteiger partial charge on any atom is -0.502 e. The van der Waals surface area contributed by atoms with Crippen molar-refractivity contribution in [2.75, 3.05) is 75.7 Å². The molecule has 0 unspecified atom stereocenters. The monoisotopic (exact) mass is 918 g/mol. The first kappa shape index (κ1) is 47.6. The van der Waals surface area contributed by atoms with E-state index in [1.54, 1.807) is 24.3 Å².